The predicted molar refractivity (Wildman–Crippen MR) is 82.5 cm³/mol. The normalized spacial score (nSPS) is 10.1. The van der Waals surface area contributed by atoms with Gasteiger partial charge in [-0.2, -0.15) is 0 Å². The summed E-state index contributed by atoms with van der Waals surface area (Å²) < 4.78 is 11.7. The van der Waals surface area contributed by atoms with Crippen molar-refractivity contribution < 1.29 is 9.47 Å². The quantitative estimate of drug-likeness (QED) is 0.651. The lowest BCUT2D eigenvalue weighted by Crippen LogP contribution is -2.13. The fraction of sp³-hybridized carbons (Fsp3) is 0.133. The zero-order valence-electron chi connectivity index (χ0n) is 11.0. The third-order valence-corrected chi connectivity index (χ3v) is 3.28. The van der Waals surface area contributed by atoms with Crippen LogP contribution >= 0.6 is 15.9 Å². The summed E-state index contributed by atoms with van der Waals surface area (Å²) in [7, 11) is 1.63. The van der Waals surface area contributed by atoms with E-state index in [1.54, 1.807) is 19.2 Å². The minimum absolute atomic E-state index is 0.0176. The third kappa shape index (κ3) is 3.51. The second kappa shape index (κ2) is 6.43. The van der Waals surface area contributed by atoms with Crippen molar-refractivity contribution in [3.63, 3.8) is 0 Å². The third-order valence-electron chi connectivity index (χ3n) is 2.79. The van der Waals surface area contributed by atoms with Gasteiger partial charge in [0.05, 0.1) is 12.7 Å². The molecule has 2 aromatic rings. The SMILES string of the molecule is COc1ccc(COc2ccc(Br)cc2C(=N)N)cc1. The highest BCUT2D eigenvalue weighted by atomic mass is 79.9. The molecule has 0 atom stereocenters. The predicted octanol–water partition coefficient (Wildman–Crippen LogP) is 3.32. The van der Waals surface area contributed by atoms with Gasteiger partial charge in [-0.25, -0.2) is 0 Å². The summed E-state index contributed by atoms with van der Waals surface area (Å²) in [6.07, 6.45) is 0. The highest BCUT2D eigenvalue weighted by Crippen LogP contribution is 2.24. The van der Waals surface area contributed by atoms with Gasteiger partial charge in [-0.05, 0) is 35.9 Å². The van der Waals surface area contributed by atoms with Gasteiger partial charge >= 0.3 is 0 Å². The molecule has 0 unspecified atom stereocenters. The Bertz CT molecular complexity index is 612. The van der Waals surface area contributed by atoms with Gasteiger partial charge in [-0.3, -0.25) is 5.41 Å². The average molecular weight is 335 g/mol. The number of ether oxygens (including phenoxy) is 2. The first-order valence-electron chi connectivity index (χ1n) is 6.00. The molecule has 2 aromatic carbocycles. The van der Waals surface area contributed by atoms with Gasteiger partial charge in [-0.1, -0.05) is 28.1 Å². The Morgan fingerprint density at radius 1 is 1.20 bits per heavy atom. The Morgan fingerprint density at radius 2 is 1.90 bits per heavy atom. The van der Waals surface area contributed by atoms with E-state index in [4.69, 9.17) is 20.6 Å². The van der Waals surface area contributed by atoms with E-state index in [1.807, 2.05) is 30.3 Å². The van der Waals surface area contributed by atoms with E-state index in [0.717, 1.165) is 15.8 Å². The molecule has 3 N–H and O–H groups in total. The molecule has 20 heavy (non-hydrogen) atoms. The molecule has 2 rings (SSSR count). The van der Waals surface area contributed by atoms with Crippen LogP contribution in [-0.4, -0.2) is 12.9 Å². The first kappa shape index (κ1) is 14.4. The number of amidine groups is 1. The molecular weight excluding hydrogens is 320 g/mol. The van der Waals surface area contributed by atoms with Gasteiger partial charge < -0.3 is 15.2 Å². The maximum absolute atomic E-state index is 7.57. The molecule has 5 heteroatoms. The van der Waals surface area contributed by atoms with Crippen molar-refractivity contribution in [3.8, 4) is 11.5 Å². The van der Waals surface area contributed by atoms with Crippen molar-refractivity contribution in [3.05, 3.63) is 58.1 Å². The first-order valence-corrected chi connectivity index (χ1v) is 6.79. The minimum Gasteiger partial charge on any atom is -0.497 e. The summed E-state index contributed by atoms with van der Waals surface area (Å²) in [6, 6.07) is 13.1. The molecule has 0 radical (unpaired) electrons. The molecule has 4 nitrogen and oxygen atoms in total. The fourth-order valence-electron chi connectivity index (χ4n) is 1.72. The van der Waals surface area contributed by atoms with Crippen LogP contribution in [0.15, 0.2) is 46.9 Å². The number of hydrogen-bond donors (Lipinski definition) is 2. The van der Waals surface area contributed by atoms with Crippen molar-refractivity contribution in [2.75, 3.05) is 7.11 Å². The molecule has 0 fully saturated rings. The summed E-state index contributed by atoms with van der Waals surface area (Å²) in [5, 5.41) is 7.57. The maximum atomic E-state index is 7.57. The van der Waals surface area contributed by atoms with E-state index < -0.39 is 0 Å². The van der Waals surface area contributed by atoms with Gasteiger partial charge in [0.2, 0.25) is 0 Å². The van der Waals surface area contributed by atoms with Crippen molar-refractivity contribution in [2.45, 2.75) is 6.61 Å². The molecule has 104 valence electrons. The molecule has 0 amide bonds. The zero-order valence-corrected chi connectivity index (χ0v) is 12.6. The van der Waals surface area contributed by atoms with Crippen LogP contribution in [0.1, 0.15) is 11.1 Å². The summed E-state index contributed by atoms with van der Waals surface area (Å²) in [6.45, 7) is 0.409. The molecule has 0 aliphatic carbocycles. The Balaban J connectivity index is 2.12. The molecule has 0 spiro atoms. The molecular formula is C15H15BrN2O2. The van der Waals surface area contributed by atoms with Crippen molar-refractivity contribution in [1.29, 1.82) is 5.41 Å². The van der Waals surface area contributed by atoms with Gasteiger partial charge in [0.15, 0.2) is 0 Å². The number of nitrogens with two attached hydrogens (primary N) is 1. The zero-order chi connectivity index (χ0) is 14.5. The van der Waals surface area contributed by atoms with Crippen LogP contribution in [0.3, 0.4) is 0 Å². The van der Waals surface area contributed by atoms with Gasteiger partial charge in [0.1, 0.15) is 23.9 Å². The number of nitrogens with one attached hydrogen (secondary N) is 1. The lowest BCUT2D eigenvalue weighted by Gasteiger charge is -2.11. The highest BCUT2D eigenvalue weighted by molar-refractivity contribution is 9.10. The van der Waals surface area contributed by atoms with Crippen LogP contribution in [0.2, 0.25) is 0 Å². The van der Waals surface area contributed by atoms with Crippen molar-refractivity contribution in [2.24, 2.45) is 5.73 Å². The Kier molecular flexibility index (Phi) is 4.63. The van der Waals surface area contributed by atoms with Crippen LogP contribution in [0.25, 0.3) is 0 Å². The highest BCUT2D eigenvalue weighted by Gasteiger charge is 2.07. The van der Waals surface area contributed by atoms with Gasteiger partial charge in [-0.15, -0.1) is 0 Å². The van der Waals surface area contributed by atoms with Gasteiger partial charge in [0.25, 0.3) is 0 Å². The van der Waals surface area contributed by atoms with E-state index in [0.29, 0.717) is 17.9 Å². The number of hydrogen-bond acceptors (Lipinski definition) is 3. The molecule has 0 heterocycles. The molecule has 0 aliphatic heterocycles. The van der Waals surface area contributed by atoms with Gasteiger partial charge in [0, 0.05) is 4.47 Å². The smallest absolute Gasteiger partial charge is 0.130 e. The van der Waals surface area contributed by atoms with Crippen molar-refractivity contribution >= 4 is 21.8 Å². The van der Waals surface area contributed by atoms with E-state index in [2.05, 4.69) is 15.9 Å². The van der Waals surface area contributed by atoms with E-state index in [9.17, 15) is 0 Å². The van der Waals surface area contributed by atoms with E-state index >= 15 is 0 Å². The Labute approximate surface area is 126 Å². The number of methoxy groups -OCH3 is 1. The summed E-state index contributed by atoms with van der Waals surface area (Å²) >= 11 is 3.35. The monoisotopic (exact) mass is 334 g/mol. The van der Waals surface area contributed by atoms with Crippen LogP contribution in [0, 0.1) is 5.41 Å². The Morgan fingerprint density at radius 3 is 2.50 bits per heavy atom. The number of nitrogen functional groups attached to an aromatic ring is 1. The second-order valence-corrected chi connectivity index (χ2v) is 5.11. The number of rotatable bonds is 5. The first-order chi connectivity index (χ1) is 9.60. The molecule has 0 aliphatic rings. The standard InChI is InChI=1S/C15H15BrN2O2/c1-19-12-5-2-10(3-6-12)9-20-14-7-4-11(16)8-13(14)15(17)18/h2-8H,9H2,1H3,(H3,17,18). The summed E-state index contributed by atoms with van der Waals surface area (Å²) in [4.78, 5) is 0. The minimum atomic E-state index is -0.0176. The van der Waals surface area contributed by atoms with E-state index in [-0.39, 0.29) is 5.84 Å². The lowest BCUT2D eigenvalue weighted by molar-refractivity contribution is 0.305. The maximum Gasteiger partial charge on any atom is 0.130 e. The topological polar surface area (TPSA) is 68.3 Å². The van der Waals surface area contributed by atoms with Crippen LogP contribution in [0.4, 0.5) is 0 Å². The molecule has 0 aromatic heterocycles. The largest absolute Gasteiger partial charge is 0.497 e. The van der Waals surface area contributed by atoms with Crippen LogP contribution in [-0.2, 0) is 6.61 Å². The molecule has 0 saturated carbocycles. The van der Waals surface area contributed by atoms with Crippen molar-refractivity contribution in [1.82, 2.24) is 0 Å². The molecule has 0 bridgehead atoms. The summed E-state index contributed by atoms with van der Waals surface area (Å²) in [5.74, 6) is 1.38. The molecule has 0 saturated heterocycles. The lowest BCUT2D eigenvalue weighted by atomic mass is 10.2. The fourth-order valence-corrected chi connectivity index (χ4v) is 2.08. The second-order valence-electron chi connectivity index (χ2n) is 4.19. The van der Waals surface area contributed by atoms with Crippen LogP contribution < -0.4 is 15.2 Å². The van der Waals surface area contributed by atoms with Crippen LogP contribution in [0.5, 0.6) is 11.5 Å². The number of benzene rings is 2. The number of halogens is 1. The summed E-state index contributed by atoms with van der Waals surface area (Å²) in [5.41, 5.74) is 7.15. The van der Waals surface area contributed by atoms with E-state index in [1.165, 1.54) is 0 Å². The average Bonchev–Trinajstić information content (AvgIpc) is 2.46. The Hall–Kier alpha value is -2.01.